The topological polar surface area (TPSA) is 38.4 Å². The first-order valence-corrected chi connectivity index (χ1v) is 8.13. The first-order valence-electron chi connectivity index (χ1n) is 8.13. The van der Waals surface area contributed by atoms with E-state index < -0.39 is 0 Å². The fourth-order valence-electron chi connectivity index (χ4n) is 2.76. The predicted molar refractivity (Wildman–Crippen MR) is 94.8 cm³/mol. The second-order valence-corrected chi connectivity index (χ2v) is 6.01. The first kappa shape index (κ1) is 16.1. The Kier molecular flexibility index (Phi) is 4.56. The zero-order valence-corrected chi connectivity index (χ0v) is 14.3. The van der Waals surface area contributed by atoms with Gasteiger partial charge in [0.1, 0.15) is 11.5 Å². The van der Waals surface area contributed by atoms with Crippen LogP contribution in [0.3, 0.4) is 0 Å². The average molecular weight is 322 g/mol. The van der Waals surface area contributed by atoms with E-state index in [1.165, 1.54) is 5.56 Å². The van der Waals surface area contributed by atoms with Crippen LogP contribution in [0, 0.1) is 6.92 Å². The first-order chi connectivity index (χ1) is 11.6. The number of aryl methyl sites for hydroxylation is 2. The number of rotatable bonds is 5. The van der Waals surface area contributed by atoms with Gasteiger partial charge in [0.2, 0.25) is 0 Å². The maximum atomic E-state index is 12.8. The van der Waals surface area contributed by atoms with Crippen LogP contribution in [0.2, 0.25) is 0 Å². The molecular formula is C20H22N2O2. The zero-order chi connectivity index (χ0) is 17.1. The van der Waals surface area contributed by atoms with Gasteiger partial charge in [-0.1, -0.05) is 29.8 Å². The predicted octanol–water partition coefficient (Wildman–Crippen LogP) is 4.35. The number of amides is 1. The number of aromatic nitrogens is 1. The summed E-state index contributed by atoms with van der Waals surface area (Å²) in [5.74, 6) is 0.769. The Morgan fingerprint density at radius 2 is 1.92 bits per heavy atom. The summed E-state index contributed by atoms with van der Waals surface area (Å²) in [5, 5.41) is 0. The van der Waals surface area contributed by atoms with Crippen molar-refractivity contribution in [2.75, 3.05) is 7.05 Å². The summed E-state index contributed by atoms with van der Waals surface area (Å²) >= 11 is 0. The third-order valence-corrected chi connectivity index (χ3v) is 4.16. The molecule has 0 unspecified atom stereocenters. The van der Waals surface area contributed by atoms with Crippen molar-refractivity contribution in [1.82, 2.24) is 9.47 Å². The lowest BCUT2D eigenvalue weighted by molar-refractivity contribution is 0.0765. The molecule has 3 aromatic rings. The van der Waals surface area contributed by atoms with Crippen LogP contribution in [-0.4, -0.2) is 22.4 Å². The Labute approximate surface area is 142 Å². The number of benzene rings is 1. The van der Waals surface area contributed by atoms with E-state index in [1.54, 1.807) is 18.2 Å². The third kappa shape index (κ3) is 3.27. The van der Waals surface area contributed by atoms with Crippen LogP contribution < -0.4 is 0 Å². The summed E-state index contributed by atoms with van der Waals surface area (Å²) in [6, 6.07) is 14.0. The Morgan fingerprint density at radius 3 is 2.54 bits per heavy atom. The Hall–Kier alpha value is -2.75. The van der Waals surface area contributed by atoms with E-state index in [0.29, 0.717) is 12.2 Å². The highest BCUT2D eigenvalue weighted by molar-refractivity contribution is 5.94. The summed E-state index contributed by atoms with van der Waals surface area (Å²) in [5.41, 5.74) is 4.10. The van der Waals surface area contributed by atoms with Gasteiger partial charge < -0.3 is 13.9 Å². The number of nitrogens with zero attached hydrogens (tertiary/aromatic N) is 2. The average Bonchev–Trinajstić information content (AvgIpc) is 3.24. The van der Waals surface area contributed by atoms with Crippen LogP contribution in [0.4, 0.5) is 0 Å². The maximum Gasteiger partial charge on any atom is 0.270 e. The van der Waals surface area contributed by atoms with E-state index >= 15 is 0 Å². The molecule has 0 spiro atoms. The van der Waals surface area contributed by atoms with Gasteiger partial charge in [0, 0.05) is 25.4 Å². The lowest BCUT2D eigenvalue weighted by Crippen LogP contribution is -2.27. The summed E-state index contributed by atoms with van der Waals surface area (Å²) in [6.07, 6.45) is 3.66. The molecule has 1 amide bonds. The fourth-order valence-corrected chi connectivity index (χ4v) is 2.76. The molecule has 1 aromatic carbocycles. The summed E-state index contributed by atoms with van der Waals surface area (Å²) in [6.45, 7) is 5.32. The van der Waals surface area contributed by atoms with Crippen LogP contribution in [0.15, 0.2) is 59.3 Å². The van der Waals surface area contributed by atoms with Gasteiger partial charge in [-0.3, -0.25) is 4.79 Å². The molecule has 0 saturated carbocycles. The molecule has 4 nitrogen and oxygen atoms in total. The normalized spacial score (nSPS) is 10.8. The van der Waals surface area contributed by atoms with E-state index in [9.17, 15) is 4.79 Å². The van der Waals surface area contributed by atoms with Crippen LogP contribution in [0.5, 0.6) is 0 Å². The molecule has 0 bridgehead atoms. The van der Waals surface area contributed by atoms with Gasteiger partial charge in [0.15, 0.2) is 0 Å². The van der Waals surface area contributed by atoms with Crippen molar-refractivity contribution in [3.8, 4) is 11.1 Å². The minimum Gasteiger partial charge on any atom is -0.467 e. The highest BCUT2D eigenvalue weighted by Gasteiger charge is 2.18. The van der Waals surface area contributed by atoms with E-state index in [1.807, 2.05) is 35.9 Å². The minimum absolute atomic E-state index is 0.00777. The molecule has 124 valence electrons. The van der Waals surface area contributed by atoms with E-state index in [0.717, 1.165) is 23.4 Å². The van der Waals surface area contributed by atoms with Gasteiger partial charge in [-0.25, -0.2) is 0 Å². The van der Waals surface area contributed by atoms with Gasteiger partial charge in [-0.15, -0.1) is 0 Å². The number of carbonyl (C=O) groups is 1. The van der Waals surface area contributed by atoms with Gasteiger partial charge in [0.05, 0.1) is 12.8 Å². The molecule has 2 aromatic heterocycles. The van der Waals surface area contributed by atoms with Crippen molar-refractivity contribution in [2.45, 2.75) is 26.9 Å². The molecule has 2 heterocycles. The molecule has 0 atom stereocenters. The molecule has 3 rings (SSSR count). The van der Waals surface area contributed by atoms with Crippen molar-refractivity contribution in [2.24, 2.45) is 0 Å². The summed E-state index contributed by atoms with van der Waals surface area (Å²) in [4.78, 5) is 14.5. The number of furan rings is 1. The quantitative estimate of drug-likeness (QED) is 0.700. The molecule has 0 radical (unpaired) electrons. The molecule has 24 heavy (non-hydrogen) atoms. The fraction of sp³-hybridized carbons (Fsp3) is 0.250. The van der Waals surface area contributed by atoms with Gasteiger partial charge in [0.25, 0.3) is 5.91 Å². The third-order valence-electron chi connectivity index (χ3n) is 4.16. The van der Waals surface area contributed by atoms with Crippen molar-refractivity contribution >= 4 is 5.91 Å². The monoisotopic (exact) mass is 322 g/mol. The van der Waals surface area contributed by atoms with Gasteiger partial charge in [-0.2, -0.15) is 0 Å². The largest absolute Gasteiger partial charge is 0.467 e. The molecule has 0 N–H and O–H groups in total. The van der Waals surface area contributed by atoms with Gasteiger partial charge >= 0.3 is 0 Å². The second-order valence-electron chi connectivity index (χ2n) is 6.01. The van der Waals surface area contributed by atoms with Crippen molar-refractivity contribution in [3.05, 3.63) is 71.9 Å². The van der Waals surface area contributed by atoms with Crippen LogP contribution in [0.25, 0.3) is 11.1 Å². The van der Waals surface area contributed by atoms with Gasteiger partial charge in [-0.05, 0) is 37.6 Å². The molecule has 0 fully saturated rings. The zero-order valence-electron chi connectivity index (χ0n) is 14.3. The highest BCUT2D eigenvalue weighted by atomic mass is 16.3. The standard InChI is InChI=1S/C20H22N2O2/c1-4-22-13-17(16-9-7-15(2)8-10-16)12-19(22)20(23)21(3)14-18-6-5-11-24-18/h5-13H,4,14H2,1-3H3. The molecule has 0 aliphatic rings. The minimum atomic E-state index is -0.00777. The lowest BCUT2D eigenvalue weighted by atomic mass is 10.1. The Morgan fingerprint density at radius 1 is 1.17 bits per heavy atom. The van der Waals surface area contributed by atoms with Crippen molar-refractivity contribution in [1.29, 1.82) is 0 Å². The lowest BCUT2D eigenvalue weighted by Gasteiger charge is -2.16. The number of hydrogen-bond donors (Lipinski definition) is 0. The molecule has 4 heteroatoms. The highest BCUT2D eigenvalue weighted by Crippen LogP contribution is 2.24. The Bertz CT molecular complexity index is 814. The summed E-state index contributed by atoms with van der Waals surface area (Å²) in [7, 11) is 1.80. The number of carbonyl (C=O) groups excluding carboxylic acids is 1. The molecule has 0 aliphatic heterocycles. The maximum absolute atomic E-state index is 12.8. The van der Waals surface area contributed by atoms with E-state index in [2.05, 4.69) is 31.2 Å². The van der Waals surface area contributed by atoms with Crippen LogP contribution in [0.1, 0.15) is 28.7 Å². The van der Waals surface area contributed by atoms with E-state index in [-0.39, 0.29) is 5.91 Å². The smallest absolute Gasteiger partial charge is 0.270 e. The SMILES string of the molecule is CCn1cc(-c2ccc(C)cc2)cc1C(=O)N(C)Cc1ccco1. The summed E-state index contributed by atoms with van der Waals surface area (Å²) < 4.78 is 7.33. The van der Waals surface area contributed by atoms with Crippen molar-refractivity contribution in [3.63, 3.8) is 0 Å². The van der Waals surface area contributed by atoms with Crippen LogP contribution in [-0.2, 0) is 13.1 Å². The molecular weight excluding hydrogens is 300 g/mol. The number of hydrogen-bond acceptors (Lipinski definition) is 2. The second kappa shape index (κ2) is 6.79. The van der Waals surface area contributed by atoms with Crippen molar-refractivity contribution < 1.29 is 9.21 Å². The van der Waals surface area contributed by atoms with E-state index in [4.69, 9.17) is 4.42 Å². The van der Waals surface area contributed by atoms with Crippen LogP contribution >= 0.6 is 0 Å². The Balaban J connectivity index is 1.86. The molecule has 0 aliphatic carbocycles. The molecule has 0 saturated heterocycles.